The maximum Gasteiger partial charge on any atom is 0.247 e. The van der Waals surface area contributed by atoms with Crippen molar-refractivity contribution in [1.82, 2.24) is 24.1 Å². The van der Waals surface area contributed by atoms with Crippen LogP contribution in [-0.2, 0) is 14.8 Å². The molecule has 1 N–H and O–H groups in total. The maximum atomic E-state index is 13.6. The van der Waals surface area contributed by atoms with Crippen molar-refractivity contribution in [2.75, 3.05) is 47.4 Å². The second-order valence-electron chi connectivity index (χ2n) is 9.04. The average molecular weight is 492 g/mol. The van der Waals surface area contributed by atoms with Crippen LogP contribution in [0.25, 0.3) is 11.1 Å². The number of amides is 1. The highest BCUT2D eigenvalue weighted by Crippen LogP contribution is 2.36. The lowest BCUT2D eigenvalue weighted by Gasteiger charge is -2.37. The van der Waals surface area contributed by atoms with Crippen LogP contribution in [0, 0.1) is 5.92 Å². The Hall–Kier alpha value is -2.60. The van der Waals surface area contributed by atoms with Gasteiger partial charge in [-0.3, -0.25) is 4.79 Å². The number of sulfonamides is 1. The topological polar surface area (TPSA) is 116 Å². The first-order valence-electron chi connectivity index (χ1n) is 11.1. The zero-order chi connectivity index (χ0) is 25.0. The minimum atomic E-state index is -3.94. The summed E-state index contributed by atoms with van der Waals surface area (Å²) in [7, 11) is 1.42. The number of aliphatic hydroxyl groups excluding tert-OH is 1. The van der Waals surface area contributed by atoms with Gasteiger partial charge in [0.2, 0.25) is 15.9 Å². The molecule has 0 fully saturated rings. The van der Waals surface area contributed by atoms with Gasteiger partial charge in [-0.25, -0.2) is 18.4 Å². The molecule has 1 aromatic carbocycles. The van der Waals surface area contributed by atoms with E-state index in [2.05, 4.69) is 9.97 Å². The average Bonchev–Trinajstić information content (AvgIpc) is 2.80. The van der Waals surface area contributed by atoms with Crippen molar-refractivity contribution < 1.29 is 23.1 Å². The third kappa shape index (κ3) is 5.72. The predicted molar refractivity (Wildman–Crippen MR) is 128 cm³/mol. The van der Waals surface area contributed by atoms with E-state index in [0.29, 0.717) is 5.56 Å². The van der Waals surface area contributed by atoms with Gasteiger partial charge in [0.25, 0.3) is 0 Å². The van der Waals surface area contributed by atoms with Crippen molar-refractivity contribution in [3.8, 4) is 16.9 Å². The van der Waals surface area contributed by atoms with Crippen molar-refractivity contribution in [2.24, 2.45) is 5.92 Å². The van der Waals surface area contributed by atoms with Gasteiger partial charge in [0.15, 0.2) is 0 Å². The maximum absolute atomic E-state index is 13.6. The van der Waals surface area contributed by atoms with Gasteiger partial charge in [-0.15, -0.1) is 0 Å². The molecular weight excluding hydrogens is 458 g/mol. The lowest BCUT2D eigenvalue weighted by atomic mass is 10.0. The quantitative estimate of drug-likeness (QED) is 0.608. The van der Waals surface area contributed by atoms with E-state index in [1.807, 2.05) is 21.0 Å². The number of likely N-dealkylation sites (N-methyl/N-ethyl adjacent to an activating group) is 2. The van der Waals surface area contributed by atoms with Gasteiger partial charge in [0.1, 0.15) is 23.1 Å². The number of nitrogens with zero attached hydrogens (tertiary/aromatic N) is 5. The normalized spacial score (nSPS) is 21.1. The van der Waals surface area contributed by atoms with E-state index in [9.17, 15) is 18.3 Å². The summed E-state index contributed by atoms with van der Waals surface area (Å²) in [6, 6.07) is 4.25. The van der Waals surface area contributed by atoms with E-state index in [0.717, 1.165) is 5.56 Å². The van der Waals surface area contributed by atoms with E-state index in [4.69, 9.17) is 4.74 Å². The molecule has 2 heterocycles. The predicted octanol–water partition coefficient (Wildman–Crippen LogP) is 0.932. The number of hydrogen-bond acceptors (Lipinski definition) is 8. The van der Waals surface area contributed by atoms with Crippen LogP contribution in [0.3, 0.4) is 0 Å². The van der Waals surface area contributed by atoms with Crippen LogP contribution < -0.4 is 4.74 Å². The van der Waals surface area contributed by atoms with E-state index in [-0.39, 0.29) is 48.7 Å². The van der Waals surface area contributed by atoms with Crippen molar-refractivity contribution in [2.45, 2.75) is 30.9 Å². The second-order valence-corrected chi connectivity index (χ2v) is 10.9. The molecule has 0 saturated carbocycles. The summed E-state index contributed by atoms with van der Waals surface area (Å²) in [6.45, 7) is 3.94. The molecule has 3 atom stereocenters. The van der Waals surface area contributed by atoms with Crippen LogP contribution in [-0.4, -0.2) is 103 Å². The molecule has 1 amide bonds. The number of hydrogen-bond donors (Lipinski definition) is 1. The molecule has 0 radical (unpaired) electrons. The van der Waals surface area contributed by atoms with Crippen molar-refractivity contribution >= 4 is 15.9 Å². The first-order valence-corrected chi connectivity index (χ1v) is 12.6. The zero-order valence-corrected chi connectivity index (χ0v) is 21.1. The van der Waals surface area contributed by atoms with Gasteiger partial charge in [0, 0.05) is 43.5 Å². The summed E-state index contributed by atoms with van der Waals surface area (Å²) < 4.78 is 34.8. The second kappa shape index (κ2) is 10.8. The molecule has 0 aliphatic carbocycles. The summed E-state index contributed by atoms with van der Waals surface area (Å²) in [5, 5.41) is 9.77. The van der Waals surface area contributed by atoms with E-state index in [1.165, 1.54) is 16.7 Å². The molecule has 0 bridgehead atoms. The van der Waals surface area contributed by atoms with Crippen molar-refractivity contribution in [3.05, 3.63) is 36.9 Å². The van der Waals surface area contributed by atoms with Crippen LogP contribution >= 0.6 is 0 Å². The Bertz CT molecular complexity index is 1100. The monoisotopic (exact) mass is 491 g/mol. The highest BCUT2D eigenvalue weighted by molar-refractivity contribution is 7.89. The molecule has 0 spiro atoms. The molecule has 186 valence electrons. The first-order chi connectivity index (χ1) is 16.0. The summed E-state index contributed by atoms with van der Waals surface area (Å²) in [5.41, 5.74) is 1.43. The third-order valence-electron chi connectivity index (χ3n) is 5.89. The van der Waals surface area contributed by atoms with Crippen LogP contribution in [0.15, 0.2) is 41.8 Å². The molecule has 1 aliphatic heterocycles. The molecule has 10 nitrogen and oxygen atoms in total. The molecule has 3 rings (SSSR count). The Morgan fingerprint density at radius 3 is 2.53 bits per heavy atom. The first kappa shape index (κ1) is 26.0. The smallest absolute Gasteiger partial charge is 0.247 e. The van der Waals surface area contributed by atoms with Crippen molar-refractivity contribution in [3.63, 3.8) is 0 Å². The molecule has 1 aliphatic rings. The van der Waals surface area contributed by atoms with Gasteiger partial charge in [-0.2, -0.15) is 4.31 Å². The molecule has 0 unspecified atom stereocenters. The van der Waals surface area contributed by atoms with E-state index >= 15 is 0 Å². The third-order valence-corrected chi connectivity index (χ3v) is 7.91. The molecule has 11 heteroatoms. The van der Waals surface area contributed by atoms with Gasteiger partial charge in [-0.05, 0) is 38.7 Å². The van der Waals surface area contributed by atoms with Crippen LogP contribution in [0.5, 0.6) is 5.75 Å². The molecule has 0 saturated heterocycles. The number of carbonyl (C=O) groups excluding carboxylic acids is 1. The SMILES string of the molecule is C[C@H]1CN([C@@H](C)CO)S(=O)(=O)c2ccc(-c3cncnc3)cc2O[C@@H]1CN(C)C(=O)CN(C)C. The highest BCUT2D eigenvalue weighted by Gasteiger charge is 2.38. The summed E-state index contributed by atoms with van der Waals surface area (Å²) in [5.74, 6) is -0.122. The Morgan fingerprint density at radius 2 is 1.91 bits per heavy atom. The number of fused-ring (bicyclic) bond motifs is 1. The summed E-state index contributed by atoms with van der Waals surface area (Å²) >= 11 is 0. The van der Waals surface area contributed by atoms with Crippen LogP contribution in [0.1, 0.15) is 13.8 Å². The summed E-state index contributed by atoms with van der Waals surface area (Å²) in [4.78, 5) is 24.1. The van der Waals surface area contributed by atoms with Crippen molar-refractivity contribution in [1.29, 1.82) is 0 Å². The minimum Gasteiger partial charge on any atom is -0.487 e. The van der Waals surface area contributed by atoms with Crippen LogP contribution in [0.2, 0.25) is 0 Å². The lowest BCUT2D eigenvalue weighted by molar-refractivity contribution is -0.132. The van der Waals surface area contributed by atoms with Gasteiger partial charge >= 0.3 is 0 Å². The number of aromatic nitrogens is 2. The number of carbonyl (C=O) groups is 1. The van der Waals surface area contributed by atoms with E-state index in [1.54, 1.807) is 48.3 Å². The standard InChI is InChI=1S/C23H33N5O5S/c1-16-11-28(17(2)14-29)34(31,32)22-7-6-18(19-9-24-15-25-10-19)8-20(22)33-21(16)12-27(5)23(30)13-26(3)4/h6-10,15-17,21,29H,11-14H2,1-5H3/t16-,17-,21+/m0/s1. The number of ether oxygens (including phenoxy) is 1. The fraction of sp³-hybridized carbons (Fsp3) is 0.522. The Labute approximate surface area is 201 Å². The fourth-order valence-corrected chi connectivity index (χ4v) is 5.66. The fourth-order valence-electron chi connectivity index (χ4n) is 3.83. The molecule has 1 aromatic heterocycles. The van der Waals surface area contributed by atoms with E-state index < -0.39 is 22.2 Å². The molecular formula is C23H33N5O5S. The Balaban J connectivity index is 2.06. The number of aliphatic hydroxyl groups is 1. The Morgan fingerprint density at radius 1 is 1.24 bits per heavy atom. The zero-order valence-electron chi connectivity index (χ0n) is 20.2. The Kier molecular flexibility index (Phi) is 8.24. The van der Waals surface area contributed by atoms with Gasteiger partial charge in [-0.1, -0.05) is 13.0 Å². The lowest BCUT2D eigenvalue weighted by Crippen LogP contribution is -2.50. The number of benzene rings is 1. The summed E-state index contributed by atoms with van der Waals surface area (Å²) in [6.07, 6.45) is 4.23. The molecule has 34 heavy (non-hydrogen) atoms. The molecule has 2 aromatic rings. The van der Waals surface area contributed by atoms with Gasteiger partial charge < -0.3 is 19.6 Å². The number of rotatable bonds is 7. The highest BCUT2D eigenvalue weighted by atomic mass is 32.2. The minimum absolute atomic E-state index is 0.0209. The van der Waals surface area contributed by atoms with Crippen LogP contribution in [0.4, 0.5) is 0 Å². The van der Waals surface area contributed by atoms with Gasteiger partial charge in [0.05, 0.1) is 19.7 Å². The largest absolute Gasteiger partial charge is 0.487 e.